The maximum atomic E-state index is 12.2. The first-order valence-electron chi connectivity index (χ1n) is 9.77. The minimum atomic E-state index is -0.423. The van der Waals surface area contributed by atoms with Gasteiger partial charge < -0.3 is 24.8 Å². The van der Waals surface area contributed by atoms with Crippen LogP contribution in [0.3, 0.4) is 0 Å². The van der Waals surface area contributed by atoms with E-state index < -0.39 is 5.97 Å². The van der Waals surface area contributed by atoms with E-state index in [1.807, 2.05) is 54.6 Å². The predicted octanol–water partition coefficient (Wildman–Crippen LogP) is 3.98. The Morgan fingerprint density at radius 3 is 2.16 bits per heavy atom. The zero-order valence-corrected chi connectivity index (χ0v) is 17.2. The minimum absolute atomic E-state index is 0.0827. The van der Waals surface area contributed by atoms with Crippen molar-refractivity contribution < 1.29 is 23.8 Å². The molecular formula is C24H24N2O5. The standard InChI is InChI=1S/C24H24N2O5/c1-29-24(28)18-10-12-19(13-11-18)26-23(27)17-25-20-6-5-9-22(16-20)31-15-14-30-21-7-3-2-4-8-21/h2-13,16,25H,14-15,17H2,1H3,(H,26,27). The van der Waals surface area contributed by atoms with Gasteiger partial charge in [-0.15, -0.1) is 0 Å². The first-order valence-corrected chi connectivity index (χ1v) is 9.77. The molecule has 2 N–H and O–H groups in total. The number of para-hydroxylation sites is 1. The number of esters is 1. The minimum Gasteiger partial charge on any atom is -0.490 e. The zero-order valence-electron chi connectivity index (χ0n) is 17.2. The Hall–Kier alpha value is -4.00. The first kappa shape index (κ1) is 21.7. The van der Waals surface area contributed by atoms with Crippen LogP contribution in [0, 0.1) is 0 Å². The quantitative estimate of drug-likeness (QED) is 0.381. The van der Waals surface area contributed by atoms with Crippen molar-refractivity contribution in [2.24, 2.45) is 0 Å². The summed E-state index contributed by atoms with van der Waals surface area (Å²) in [5.41, 5.74) is 1.78. The molecule has 0 bridgehead atoms. The van der Waals surface area contributed by atoms with Gasteiger partial charge in [-0.2, -0.15) is 0 Å². The highest BCUT2D eigenvalue weighted by Gasteiger charge is 2.07. The SMILES string of the molecule is COC(=O)c1ccc(NC(=O)CNc2cccc(OCCOc3ccccc3)c2)cc1. The van der Waals surface area contributed by atoms with Crippen LogP contribution >= 0.6 is 0 Å². The van der Waals surface area contributed by atoms with Crippen LogP contribution in [-0.2, 0) is 9.53 Å². The molecule has 3 rings (SSSR count). The summed E-state index contributed by atoms with van der Waals surface area (Å²) in [6, 6.07) is 23.4. The highest BCUT2D eigenvalue weighted by molar-refractivity contribution is 5.95. The maximum absolute atomic E-state index is 12.2. The lowest BCUT2D eigenvalue weighted by Gasteiger charge is -2.11. The fourth-order valence-electron chi connectivity index (χ4n) is 2.73. The Morgan fingerprint density at radius 1 is 0.774 bits per heavy atom. The lowest BCUT2D eigenvalue weighted by atomic mass is 10.2. The fourth-order valence-corrected chi connectivity index (χ4v) is 2.73. The summed E-state index contributed by atoms with van der Waals surface area (Å²) >= 11 is 0. The molecule has 0 saturated carbocycles. The summed E-state index contributed by atoms with van der Waals surface area (Å²) in [5.74, 6) is 0.842. The molecule has 0 aliphatic heterocycles. The Morgan fingerprint density at radius 2 is 1.45 bits per heavy atom. The van der Waals surface area contributed by atoms with Gasteiger partial charge in [-0.25, -0.2) is 4.79 Å². The lowest BCUT2D eigenvalue weighted by Crippen LogP contribution is -2.21. The van der Waals surface area contributed by atoms with Crippen LogP contribution in [0.1, 0.15) is 10.4 Å². The summed E-state index contributed by atoms with van der Waals surface area (Å²) in [6.45, 7) is 0.915. The third-order valence-corrected chi connectivity index (χ3v) is 4.24. The molecule has 0 unspecified atom stereocenters. The number of anilines is 2. The summed E-state index contributed by atoms with van der Waals surface area (Å²) in [4.78, 5) is 23.6. The first-order chi connectivity index (χ1) is 15.1. The second kappa shape index (κ2) is 11.3. The van der Waals surface area contributed by atoms with Gasteiger partial charge >= 0.3 is 5.97 Å². The van der Waals surface area contributed by atoms with Crippen molar-refractivity contribution in [3.63, 3.8) is 0 Å². The molecule has 0 heterocycles. The predicted molar refractivity (Wildman–Crippen MR) is 119 cm³/mol. The molecule has 0 atom stereocenters. The van der Waals surface area contributed by atoms with E-state index in [0.717, 1.165) is 11.4 Å². The molecule has 7 heteroatoms. The fraction of sp³-hybridized carbons (Fsp3) is 0.167. The smallest absolute Gasteiger partial charge is 0.337 e. The Bertz CT molecular complexity index is 990. The van der Waals surface area contributed by atoms with Crippen LogP contribution in [0.4, 0.5) is 11.4 Å². The average Bonchev–Trinajstić information content (AvgIpc) is 2.81. The maximum Gasteiger partial charge on any atom is 0.337 e. The van der Waals surface area contributed by atoms with Crippen LogP contribution in [0.15, 0.2) is 78.9 Å². The zero-order chi connectivity index (χ0) is 21.9. The monoisotopic (exact) mass is 420 g/mol. The van der Waals surface area contributed by atoms with Gasteiger partial charge in [0.15, 0.2) is 0 Å². The number of benzene rings is 3. The highest BCUT2D eigenvalue weighted by atomic mass is 16.5. The molecule has 31 heavy (non-hydrogen) atoms. The van der Waals surface area contributed by atoms with E-state index in [1.54, 1.807) is 24.3 Å². The summed E-state index contributed by atoms with van der Waals surface area (Å²) in [6.07, 6.45) is 0. The molecule has 3 aromatic rings. The second-order valence-electron chi connectivity index (χ2n) is 6.51. The summed E-state index contributed by atoms with van der Waals surface area (Å²) < 4.78 is 16.0. The topological polar surface area (TPSA) is 85.9 Å². The molecule has 0 aromatic heterocycles. The second-order valence-corrected chi connectivity index (χ2v) is 6.51. The van der Waals surface area contributed by atoms with Gasteiger partial charge in [0.25, 0.3) is 0 Å². The number of ether oxygens (including phenoxy) is 3. The van der Waals surface area contributed by atoms with Gasteiger partial charge in [-0.05, 0) is 48.5 Å². The number of methoxy groups -OCH3 is 1. The van der Waals surface area contributed by atoms with Crippen LogP contribution in [0.2, 0.25) is 0 Å². The number of carbonyl (C=O) groups is 2. The Kier molecular flexibility index (Phi) is 7.88. The van der Waals surface area contributed by atoms with Gasteiger partial charge in [0.05, 0.1) is 19.2 Å². The summed E-state index contributed by atoms with van der Waals surface area (Å²) in [7, 11) is 1.32. The van der Waals surface area contributed by atoms with E-state index in [-0.39, 0.29) is 12.5 Å². The molecule has 0 radical (unpaired) electrons. The van der Waals surface area contributed by atoms with E-state index >= 15 is 0 Å². The molecule has 0 saturated heterocycles. The van der Waals surface area contributed by atoms with Crippen molar-refractivity contribution in [3.8, 4) is 11.5 Å². The molecule has 0 aliphatic rings. The number of hydrogen-bond donors (Lipinski definition) is 2. The third-order valence-electron chi connectivity index (χ3n) is 4.24. The van der Waals surface area contributed by atoms with Crippen molar-refractivity contribution >= 4 is 23.3 Å². The normalized spacial score (nSPS) is 10.1. The van der Waals surface area contributed by atoms with Crippen molar-refractivity contribution in [1.29, 1.82) is 0 Å². The number of carbonyl (C=O) groups excluding carboxylic acids is 2. The summed E-state index contributed by atoms with van der Waals surface area (Å²) in [5, 5.41) is 5.83. The third kappa shape index (κ3) is 7.08. The van der Waals surface area contributed by atoms with E-state index in [4.69, 9.17) is 9.47 Å². The highest BCUT2D eigenvalue weighted by Crippen LogP contribution is 2.17. The largest absolute Gasteiger partial charge is 0.490 e. The van der Waals surface area contributed by atoms with Gasteiger partial charge in [0.1, 0.15) is 24.7 Å². The molecule has 0 aliphatic carbocycles. The van der Waals surface area contributed by atoms with Crippen molar-refractivity contribution in [2.75, 3.05) is 37.5 Å². The molecule has 1 amide bonds. The van der Waals surface area contributed by atoms with Gasteiger partial charge in [0, 0.05) is 17.4 Å². The molecule has 160 valence electrons. The van der Waals surface area contributed by atoms with Crippen molar-refractivity contribution in [1.82, 2.24) is 0 Å². The molecule has 7 nitrogen and oxygen atoms in total. The van der Waals surface area contributed by atoms with Crippen molar-refractivity contribution in [3.05, 3.63) is 84.4 Å². The van der Waals surface area contributed by atoms with E-state index in [9.17, 15) is 9.59 Å². The average molecular weight is 420 g/mol. The lowest BCUT2D eigenvalue weighted by molar-refractivity contribution is -0.114. The van der Waals surface area contributed by atoms with Gasteiger partial charge in [-0.1, -0.05) is 24.3 Å². The van der Waals surface area contributed by atoms with Crippen LogP contribution in [0.25, 0.3) is 0 Å². The molecular weight excluding hydrogens is 396 g/mol. The Balaban J connectivity index is 1.41. The molecule has 0 fully saturated rings. The molecule has 0 spiro atoms. The number of amides is 1. The van der Waals surface area contributed by atoms with E-state index in [1.165, 1.54) is 7.11 Å². The Labute approximate surface area is 180 Å². The van der Waals surface area contributed by atoms with Crippen LogP contribution in [-0.4, -0.2) is 38.7 Å². The van der Waals surface area contributed by atoms with Crippen LogP contribution < -0.4 is 20.1 Å². The van der Waals surface area contributed by atoms with Crippen LogP contribution in [0.5, 0.6) is 11.5 Å². The number of hydrogen-bond acceptors (Lipinski definition) is 6. The van der Waals surface area contributed by atoms with E-state index in [0.29, 0.717) is 30.2 Å². The number of rotatable bonds is 10. The van der Waals surface area contributed by atoms with Gasteiger partial charge in [0.2, 0.25) is 5.91 Å². The van der Waals surface area contributed by atoms with Crippen molar-refractivity contribution in [2.45, 2.75) is 0 Å². The number of nitrogens with one attached hydrogen (secondary N) is 2. The van der Waals surface area contributed by atoms with Gasteiger partial charge in [-0.3, -0.25) is 4.79 Å². The molecule has 3 aromatic carbocycles. The van der Waals surface area contributed by atoms with E-state index in [2.05, 4.69) is 15.4 Å².